The largest absolute Gasteiger partial charge is 0.375 e. The maximum atomic E-state index is 13.5. The van der Waals surface area contributed by atoms with E-state index in [0.717, 1.165) is 11.1 Å². The molecule has 0 aromatic heterocycles. The highest BCUT2D eigenvalue weighted by molar-refractivity contribution is 6.42. The van der Waals surface area contributed by atoms with E-state index < -0.39 is 6.04 Å². The minimum absolute atomic E-state index is 0.0627. The van der Waals surface area contributed by atoms with Gasteiger partial charge in [0.15, 0.2) is 0 Å². The Balaban J connectivity index is 1.39. The summed E-state index contributed by atoms with van der Waals surface area (Å²) in [5, 5.41) is 15.7. The Labute approximate surface area is 225 Å². The molecule has 0 spiro atoms. The maximum Gasteiger partial charge on any atom is 0.292 e. The number of nitrogens with zero attached hydrogens (tertiary/aromatic N) is 3. The van der Waals surface area contributed by atoms with Crippen molar-refractivity contribution in [3.63, 3.8) is 0 Å². The van der Waals surface area contributed by atoms with Crippen molar-refractivity contribution in [2.75, 3.05) is 37.7 Å². The first-order chi connectivity index (χ1) is 17.9. The van der Waals surface area contributed by atoms with Gasteiger partial charge in [-0.3, -0.25) is 20.2 Å². The lowest BCUT2D eigenvalue weighted by atomic mass is 10.1. The van der Waals surface area contributed by atoms with Crippen LogP contribution in [0.15, 0.2) is 72.8 Å². The fourth-order valence-electron chi connectivity index (χ4n) is 4.25. The Morgan fingerprint density at radius 2 is 1.65 bits per heavy atom. The molecule has 1 atom stereocenters. The lowest BCUT2D eigenvalue weighted by Gasteiger charge is -2.37. The van der Waals surface area contributed by atoms with Crippen LogP contribution in [-0.2, 0) is 22.7 Å². The zero-order valence-electron chi connectivity index (χ0n) is 20.2. The van der Waals surface area contributed by atoms with Crippen LogP contribution in [0.5, 0.6) is 0 Å². The average molecular weight is 543 g/mol. The molecule has 1 fully saturated rings. The number of halogens is 2. The van der Waals surface area contributed by atoms with E-state index in [9.17, 15) is 14.9 Å². The van der Waals surface area contributed by atoms with Crippen LogP contribution in [0.4, 0.5) is 11.4 Å². The lowest BCUT2D eigenvalue weighted by molar-refractivity contribution is -0.384. The van der Waals surface area contributed by atoms with Crippen LogP contribution < -0.4 is 10.2 Å². The summed E-state index contributed by atoms with van der Waals surface area (Å²) < 4.78 is 5.91. The van der Waals surface area contributed by atoms with E-state index in [1.165, 1.54) is 6.07 Å². The molecule has 0 saturated carbocycles. The van der Waals surface area contributed by atoms with Gasteiger partial charge < -0.3 is 14.5 Å². The quantitative estimate of drug-likeness (QED) is 0.289. The van der Waals surface area contributed by atoms with Gasteiger partial charge in [0, 0.05) is 38.8 Å². The third kappa shape index (κ3) is 7.20. The number of nitro benzene ring substituents is 1. The first-order valence-corrected chi connectivity index (χ1v) is 12.7. The molecule has 1 amide bonds. The number of amides is 1. The van der Waals surface area contributed by atoms with Crippen molar-refractivity contribution in [3.05, 3.63) is 104 Å². The molecule has 1 aliphatic heterocycles. The Morgan fingerprint density at radius 3 is 2.35 bits per heavy atom. The van der Waals surface area contributed by atoms with Crippen LogP contribution >= 0.6 is 23.2 Å². The lowest BCUT2D eigenvalue weighted by Crippen LogP contribution is -2.55. The SMILES string of the molecule is O=C(C(COCc1ccc(Cl)c(Cl)c1)NCc1ccccc1)N1CCN(c2ccccc2[N+](=O)[O-])CC1. The third-order valence-electron chi connectivity index (χ3n) is 6.24. The normalized spacial score (nSPS) is 14.4. The van der Waals surface area contributed by atoms with Crippen molar-refractivity contribution in [2.24, 2.45) is 0 Å². The molecule has 10 heteroatoms. The van der Waals surface area contributed by atoms with E-state index in [1.807, 2.05) is 41.3 Å². The molecule has 1 N–H and O–H groups in total. The number of benzene rings is 3. The Morgan fingerprint density at radius 1 is 0.946 bits per heavy atom. The van der Waals surface area contributed by atoms with E-state index in [2.05, 4.69) is 5.32 Å². The van der Waals surface area contributed by atoms with Crippen molar-refractivity contribution in [2.45, 2.75) is 19.2 Å². The summed E-state index contributed by atoms with van der Waals surface area (Å²) in [6, 6.07) is 21.3. The van der Waals surface area contributed by atoms with Gasteiger partial charge in [-0.2, -0.15) is 0 Å². The van der Waals surface area contributed by atoms with Gasteiger partial charge in [-0.25, -0.2) is 0 Å². The van der Waals surface area contributed by atoms with Crippen molar-refractivity contribution in [1.29, 1.82) is 0 Å². The topological polar surface area (TPSA) is 88.0 Å². The number of para-hydroxylation sites is 2. The summed E-state index contributed by atoms with van der Waals surface area (Å²) in [6.45, 7) is 2.92. The molecule has 0 bridgehead atoms. The number of ether oxygens (including phenoxy) is 1. The number of rotatable bonds is 10. The molecule has 0 aliphatic carbocycles. The van der Waals surface area contributed by atoms with E-state index >= 15 is 0 Å². The fourth-order valence-corrected chi connectivity index (χ4v) is 4.57. The maximum absolute atomic E-state index is 13.5. The van der Waals surface area contributed by atoms with Crippen molar-refractivity contribution >= 4 is 40.5 Å². The van der Waals surface area contributed by atoms with Crippen LogP contribution in [0, 0.1) is 10.1 Å². The average Bonchev–Trinajstić information content (AvgIpc) is 2.93. The second-order valence-electron chi connectivity index (χ2n) is 8.74. The minimum atomic E-state index is -0.555. The third-order valence-corrected chi connectivity index (χ3v) is 6.98. The summed E-state index contributed by atoms with van der Waals surface area (Å²) in [6.07, 6.45) is 0. The molecule has 1 heterocycles. The number of hydrogen-bond donors (Lipinski definition) is 1. The Bertz CT molecular complexity index is 1220. The summed E-state index contributed by atoms with van der Waals surface area (Å²) >= 11 is 12.1. The smallest absolute Gasteiger partial charge is 0.292 e. The summed E-state index contributed by atoms with van der Waals surface area (Å²) in [5.74, 6) is -0.0627. The minimum Gasteiger partial charge on any atom is -0.375 e. The van der Waals surface area contributed by atoms with E-state index in [-0.39, 0.29) is 23.1 Å². The summed E-state index contributed by atoms with van der Waals surface area (Å²) in [5.41, 5.74) is 2.57. The highest BCUT2D eigenvalue weighted by Crippen LogP contribution is 2.28. The van der Waals surface area contributed by atoms with Crippen LogP contribution in [0.1, 0.15) is 11.1 Å². The number of hydrogen-bond acceptors (Lipinski definition) is 6. The molecule has 1 aliphatic rings. The van der Waals surface area contributed by atoms with Crippen molar-refractivity contribution < 1.29 is 14.5 Å². The van der Waals surface area contributed by atoms with Gasteiger partial charge in [0.2, 0.25) is 5.91 Å². The number of piperazine rings is 1. The molecule has 1 saturated heterocycles. The molecule has 1 unspecified atom stereocenters. The van der Waals surface area contributed by atoms with Crippen LogP contribution in [-0.4, -0.2) is 54.6 Å². The van der Waals surface area contributed by atoms with Crippen molar-refractivity contribution in [1.82, 2.24) is 10.2 Å². The Hall–Kier alpha value is -3.17. The molecule has 0 radical (unpaired) electrons. The van der Waals surface area contributed by atoms with Crippen LogP contribution in [0.3, 0.4) is 0 Å². The van der Waals surface area contributed by atoms with Gasteiger partial charge in [-0.05, 0) is 29.3 Å². The highest BCUT2D eigenvalue weighted by atomic mass is 35.5. The van der Waals surface area contributed by atoms with E-state index in [4.69, 9.17) is 27.9 Å². The number of carbonyl (C=O) groups is 1. The predicted molar refractivity (Wildman–Crippen MR) is 145 cm³/mol. The van der Waals surface area contributed by atoms with E-state index in [0.29, 0.717) is 55.1 Å². The van der Waals surface area contributed by atoms with Gasteiger partial charge >= 0.3 is 0 Å². The molecule has 37 heavy (non-hydrogen) atoms. The first-order valence-electron chi connectivity index (χ1n) is 12.0. The number of anilines is 1. The zero-order chi connectivity index (χ0) is 26.2. The van der Waals surface area contributed by atoms with Crippen LogP contribution in [0.25, 0.3) is 0 Å². The highest BCUT2D eigenvalue weighted by Gasteiger charge is 2.29. The molecule has 8 nitrogen and oxygen atoms in total. The first kappa shape index (κ1) is 26.9. The predicted octanol–water partition coefficient (Wildman–Crippen LogP) is 4.93. The monoisotopic (exact) mass is 542 g/mol. The number of carbonyl (C=O) groups excluding carboxylic acids is 1. The van der Waals surface area contributed by atoms with Crippen molar-refractivity contribution in [3.8, 4) is 0 Å². The fraction of sp³-hybridized carbons (Fsp3) is 0.296. The summed E-state index contributed by atoms with van der Waals surface area (Å²) in [7, 11) is 0. The van der Waals surface area contributed by atoms with Gasteiger partial charge in [0.05, 0.1) is 28.2 Å². The van der Waals surface area contributed by atoms with E-state index in [1.54, 1.807) is 35.2 Å². The summed E-state index contributed by atoms with van der Waals surface area (Å²) in [4.78, 5) is 28.3. The van der Waals surface area contributed by atoms with Gasteiger partial charge in [-0.1, -0.05) is 71.7 Å². The Kier molecular flexibility index (Phi) is 9.35. The zero-order valence-corrected chi connectivity index (χ0v) is 21.7. The number of nitro groups is 1. The standard InChI is InChI=1S/C27H28Cl2N4O4/c28-22-11-10-21(16-23(22)29)18-37-19-24(30-17-20-6-2-1-3-7-20)27(34)32-14-12-31(13-15-32)25-8-4-5-9-26(25)33(35)36/h1-11,16,24,30H,12-15,17-19H2. The van der Waals surface area contributed by atoms with Gasteiger partial charge in [0.25, 0.3) is 5.69 Å². The molecule has 194 valence electrons. The molecular formula is C27H28Cl2N4O4. The second-order valence-corrected chi connectivity index (χ2v) is 9.56. The van der Waals surface area contributed by atoms with Gasteiger partial charge in [0.1, 0.15) is 11.7 Å². The van der Waals surface area contributed by atoms with Crippen LogP contribution in [0.2, 0.25) is 10.0 Å². The number of nitrogens with one attached hydrogen (secondary N) is 1. The van der Waals surface area contributed by atoms with Gasteiger partial charge in [-0.15, -0.1) is 0 Å². The molecule has 3 aromatic carbocycles. The molecular weight excluding hydrogens is 515 g/mol. The second kappa shape index (κ2) is 12.9. The molecule has 3 aromatic rings. The molecule has 4 rings (SSSR count).